The molecule has 3 aromatic rings. The Balaban J connectivity index is 1.56. The van der Waals surface area contributed by atoms with Crippen molar-refractivity contribution in [3.05, 3.63) is 88.7 Å². The summed E-state index contributed by atoms with van der Waals surface area (Å²) >= 11 is 13.7. The van der Waals surface area contributed by atoms with Gasteiger partial charge in [-0.05, 0) is 54.6 Å². The van der Waals surface area contributed by atoms with Gasteiger partial charge in [-0.15, -0.1) is 0 Å². The Morgan fingerprint density at radius 2 is 1.89 bits per heavy atom. The van der Waals surface area contributed by atoms with Gasteiger partial charge < -0.3 is 9.64 Å². The highest BCUT2D eigenvalue weighted by Gasteiger charge is 2.78. The van der Waals surface area contributed by atoms with Crippen LogP contribution in [0.15, 0.2) is 67.0 Å². The number of thioether (sulfide) groups is 1. The van der Waals surface area contributed by atoms with Gasteiger partial charge in [0.1, 0.15) is 14.8 Å². The molecule has 2 spiro atoms. The SMILES string of the molecule is COc1ccc(CN2C(=O)[C@@]3(SC2=S)[C@@H](c2cccnc2)CN(C)[C@]32C(=O)N(C)c3ccc(Cl)cc32)cc1. The molecule has 0 N–H and O–H groups in total. The van der Waals surface area contributed by atoms with E-state index in [1.165, 1.54) is 11.8 Å². The minimum Gasteiger partial charge on any atom is -0.497 e. The van der Waals surface area contributed by atoms with Crippen LogP contribution in [0.25, 0.3) is 0 Å². The monoisotopic (exact) mass is 564 g/mol. The van der Waals surface area contributed by atoms with Crippen molar-refractivity contribution in [1.82, 2.24) is 14.8 Å². The number of benzene rings is 2. The third-order valence-corrected chi connectivity index (χ3v) is 10.2. The van der Waals surface area contributed by atoms with Crippen LogP contribution in [0.5, 0.6) is 5.75 Å². The van der Waals surface area contributed by atoms with Crippen LogP contribution < -0.4 is 9.64 Å². The predicted octanol–water partition coefficient (Wildman–Crippen LogP) is 4.44. The molecule has 2 amide bonds. The third-order valence-electron chi connectivity index (χ3n) is 8.00. The highest BCUT2D eigenvalue weighted by molar-refractivity contribution is 8.25. The summed E-state index contributed by atoms with van der Waals surface area (Å²) in [6.07, 6.45) is 3.49. The molecule has 38 heavy (non-hydrogen) atoms. The smallest absolute Gasteiger partial charge is 0.254 e. The Kier molecular flexibility index (Phi) is 6.03. The van der Waals surface area contributed by atoms with Crippen LogP contribution in [0.2, 0.25) is 5.02 Å². The molecule has 2 fully saturated rings. The van der Waals surface area contributed by atoms with Crippen LogP contribution in [0.1, 0.15) is 22.6 Å². The van der Waals surface area contributed by atoms with Gasteiger partial charge in [-0.25, -0.2) is 0 Å². The number of pyridine rings is 1. The van der Waals surface area contributed by atoms with Crippen molar-refractivity contribution in [3.63, 3.8) is 0 Å². The number of methoxy groups -OCH3 is 1. The van der Waals surface area contributed by atoms with Gasteiger partial charge in [0.25, 0.3) is 5.91 Å². The zero-order chi connectivity index (χ0) is 26.8. The Morgan fingerprint density at radius 3 is 2.58 bits per heavy atom. The van der Waals surface area contributed by atoms with E-state index >= 15 is 0 Å². The summed E-state index contributed by atoms with van der Waals surface area (Å²) < 4.78 is 4.48. The molecule has 3 aliphatic rings. The number of halogens is 1. The van der Waals surface area contributed by atoms with Gasteiger partial charge in [-0.1, -0.05) is 53.8 Å². The molecule has 0 radical (unpaired) electrons. The van der Waals surface area contributed by atoms with Crippen LogP contribution in [0.3, 0.4) is 0 Å². The number of carbonyl (C=O) groups is 2. The first kappa shape index (κ1) is 25.3. The molecule has 10 heteroatoms. The maximum Gasteiger partial charge on any atom is 0.254 e. The van der Waals surface area contributed by atoms with Crippen LogP contribution in [-0.2, 0) is 21.7 Å². The summed E-state index contributed by atoms with van der Waals surface area (Å²) in [5.74, 6) is 0.0329. The number of nitrogens with zero attached hydrogens (tertiary/aromatic N) is 4. The van der Waals surface area contributed by atoms with E-state index in [-0.39, 0.29) is 17.7 Å². The third kappa shape index (κ3) is 3.25. The van der Waals surface area contributed by atoms with Gasteiger partial charge >= 0.3 is 0 Å². The number of aromatic nitrogens is 1. The summed E-state index contributed by atoms with van der Waals surface area (Å²) in [4.78, 5) is 38.9. The van der Waals surface area contributed by atoms with E-state index in [1.807, 2.05) is 60.5 Å². The Labute approximate surface area is 235 Å². The number of fused-ring (bicyclic) bond motifs is 3. The second kappa shape index (κ2) is 9.05. The van der Waals surface area contributed by atoms with Crippen molar-refractivity contribution in [2.45, 2.75) is 22.7 Å². The first-order valence-corrected chi connectivity index (χ1v) is 13.7. The van der Waals surface area contributed by atoms with E-state index < -0.39 is 10.3 Å². The van der Waals surface area contributed by atoms with E-state index in [0.717, 1.165) is 28.1 Å². The Hall–Kier alpha value is -2.98. The van der Waals surface area contributed by atoms with Gasteiger partial charge in [0.2, 0.25) is 5.91 Å². The minimum absolute atomic E-state index is 0.168. The maximum absolute atomic E-state index is 14.8. The summed E-state index contributed by atoms with van der Waals surface area (Å²) in [6.45, 7) is 0.761. The predicted molar refractivity (Wildman–Crippen MR) is 153 cm³/mol. The Bertz CT molecular complexity index is 1470. The van der Waals surface area contributed by atoms with E-state index in [0.29, 0.717) is 22.4 Å². The molecule has 2 saturated heterocycles. The van der Waals surface area contributed by atoms with Crippen molar-refractivity contribution in [2.24, 2.45) is 0 Å². The maximum atomic E-state index is 14.8. The van der Waals surface area contributed by atoms with Gasteiger partial charge in [-0.3, -0.25) is 24.4 Å². The first-order chi connectivity index (χ1) is 18.3. The normalized spacial score (nSPS) is 26.7. The molecule has 0 bridgehead atoms. The van der Waals surface area contributed by atoms with E-state index in [1.54, 1.807) is 42.4 Å². The number of rotatable bonds is 4. The molecule has 3 atom stereocenters. The van der Waals surface area contributed by atoms with Crippen LogP contribution in [0.4, 0.5) is 5.69 Å². The standard InChI is InChI=1S/C28H25ClN4O3S2/c1-31-16-22(18-5-4-12-30-14-18)28(27(31)21-13-19(29)8-11-23(21)32(2)24(27)34)25(35)33(26(37)38-28)15-17-6-9-20(36-3)10-7-17/h4-14,22H,15-16H2,1-3H3/t22-,27-,28+/m1/s1. The van der Waals surface area contributed by atoms with Crippen LogP contribution in [0, 0.1) is 0 Å². The molecule has 1 aromatic heterocycles. The van der Waals surface area contributed by atoms with Gasteiger partial charge in [-0.2, -0.15) is 0 Å². The van der Waals surface area contributed by atoms with Gasteiger partial charge in [0.15, 0.2) is 5.54 Å². The molecular weight excluding hydrogens is 540 g/mol. The molecular formula is C28H25ClN4O3S2. The fourth-order valence-corrected chi connectivity index (χ4v) is 8.60. The number of hydrogen-bond donors (Lipinski definition) is 0. The molecule has 2 aromatic carbocycles. The van der Waals surface area contributed by atoms with Crippen molar-refractivity contribution >= 4 is 57.4 Å². The van der Waals surface area contributed by atoms with Gasteiger partial charge in [0, 0.05) is 48.2 Å². The molecule has 3 aliphatic heterocycles. The molecule has 0 unspecified atom stereocenters. The highest BCUT2D eigenvalue weighted by Crippen LogP contribution is 2.66. The second-order valence-electron chi connectivity index (χ2n) is 9.80. The summed E-state index contributed by atoms with van der Waals surface area (Å²) in [5.41, 5.74) is 1.96. The number of carbonyl (C=O) groups excluding carboxylic acids is 2. The lowest BCUT2D eigenvalue weighted by molar-refractivity contribution is -0.139. The molecule has 4 heterocycles. The number of amides is 2. The fourth-order valence-electron chi connectivity index (χ4n) is 6.30. The molecule has 7 nitrogen and oxygen atoms in total. The summed E-state index contributed by atoms with van der Waals surface area (Å²) in [6, 6.07) is 16.8. The lowest BCUT2D eigenvalue weighted by atomic mass is 9.72. The number of ether oxygens (including phenoxy) is 1. The van der Waals surface area contributed by atoms with Crippen molar-refractivity contribution in [3.8, 4) is 5.75 Å². The molecule has 0 aliphatic carbocycles. The number of hydrogen-bond acceptors (Lipinski definition) is 7. The molecule has 0 saturated carbocycles. The zero-order valence-corrected chi connectivity index (χ0v) is 23.4. The lowest BCUT2D eigenvalue weighted by Gasteiger charge is -2.42. The average molecular weight is 565 g/mol. The van der Waals surface area contributed by atoms with E-state index in [9.17, 15) is 9.59 Å². The number of likely N-dealkylation sites (N-methyl/N-ethyl adjacent to an activating group) is 2. The average Bonchev–Trinajstić information content (AvgIpc) is 3.43. The molecule has 194 valence electrons. The summed E-state index contributed by atoms with van der Waals surface area (Å²) in [5, 5.41) is 0.507. The minimum atomic E-state index is -1.30. The topological polar surface area (TPSA) is 66.0 Å². The lowest BCUT2D eigenvalue weighted by Crippen LogP contribution is -2.62. The van der Waals surface area contributed by atoms with Crippen molar-refractivity contribution in [2.75, 3.05) is 32.6 Å². The van der Waals surface area contributed by atoms with Crippen LogP contribution >= 0.6 is 35.6 Å². The van der Waals surface area contributed by atoms with Crippen molar-refractivity contribution in [1.29, 1.82) is 0 Å². The second-order valence-corrected chi connectivity index (χ2v) is 12.1. The van der Waals surface area contributed by atoms with Gasteiger partial charge in [0.05, 0.1) is 13.7 Å². The molecule has 6 rings (SSSR count). The highest BCUT2D eigenvalue weighted by atomic mass is 35.5. The first-order valence-electron chi connectivity index (χ1n) is 12.1. The quantitative estimate of drug-likeness (QED) is 0.434. The van der Waals surface area contributed by atoms with E-state index in [4.69, 9.17) is 28.6 Å². The largest absolute Gasteiger partial charge is 0.497 e. The summed E-state index contributed by atoms with van der Waals surface area (Å²) in [7, 11) is 5.27. The number of likely N-dealkylation sites (tertiary alicyclic amines) is 1. The number of anilines is 1. The van der Waals surface area contributed by atoms with E-state index in [2.05, 4.69) is 4.98 Å². The fraction of sp³-hybridized carbons (Fsp3) is 0.286. The van der Waals surface area contributed by atoms with Crippen molar-refractivity contribution < 1.29 is 14.3 Å². The Morgan fingerprint density at radius 1 is 1.13 bits per heavy atom. The number of thiocarbonyl (C=S) groups is 1. The van der Waals surface area contributed by atoms with Crippen LogP contribution in [-0.4, -0.2) is 63.4 Å². The zero-order valence-electron chi connectivity index (χ0n) is 21.1.